The van der Waals surface area contributed by atoms with E-state index in [2.05, 4.69) is 10.6 Å². The van der Waals surface area contributed by atoms with Crippen LogP contribution in [0.5, 0.6) is 11.5 Å². The predicted octanol–water partition coefficient (Wildman–Crippen LogP) is 3.99. The average Bonchev–Trinajstić information content (AvgIpc) is 3.15. The molecule has 0 saturated heterocycles. The van der Waals surface area contributed by atoms with E-state index >= 15 is 0 Å². The zero-order chi connectivity index (χ0) is 20.7. The molecular weight excluding hydrogens is 376 g/mol. The Labute approximate surface area is 170 Å². The average molecular weight is 405 g/mol. The molecule has 1 heterocycles. The van der Waals surface area contributed by atoms with Crippen LogP contribution in [0.25, 0.3) is 0 Å². The van der Waals surface area contributed by atoms with Crippen LogP contribution in [0, 0.1) is 0 Å². The van der Waals surface area contributed by atoms with Gasteiger partial charge in [0.1, 0.15) is 0 Å². The number of thiophene rings is 1. The molecule has 2 amide bonds. The Morgan fingerprint density at radius 1 is 1.11 bits per heavy atom. The van der Waals surface area contributed by atoms with E-state index in [1.807, 2.05) is 56.5 Å². The molecule has 2 atom stereocenters. The summed E-state index contributed by atoms with van der Waals surface area (Å²) in [5.41, 5.74) is 0.911. The number of methoxy groups -OCH3 is 1. The first-order valence-electron chi connectivity index (χ1n) is 9.24. The van der Waals surface area contributed by atoms with Crippen LogP contribution in [0.4, 0.5) is 0 Å². The number of ether oxygens (including phenoxy) is 2. The third kappa shape index (κ3) is 6.27. The monoisotopic (exact) mass is 404 g/mol. The van der Waals surface area contributed by atoms with Crippen LogP contribution in [-0.4, -0.2) is 25.0 Å². The Morgan fingerprint density at radius 2 is 1.86 bits per heavy atom. The van der Waals surface area contributed by atoms with Crippen molar-refractivity contribution in [3.63, 3.8) is 0 Å². The van der Waals surface area contributed by atoms with Gasteiger partial charge in [0, 0.05) is 11.8 Å². The minimum Gasteiger partial charge on any atom is -0.493 e. The van der Waals surface area contributed by atoms with Gasteiger partial charge in [-0.15, -0.1) is 11.3 Å². The highest BCUT2D eigenvalue weighted by atomic mass is 32.1. The fourth-order valence-electron chi connectivity index (χ4n) is 2.83. The SMILES string of the molecule is COc1cc(C(C)NC(=O)CC(NC(C)=O)c2cccs2)ccc1OC(C)C. The summed E-state index contributed by atoms with van der Waals surface area (Å²) in [5.74, 6) is 0.996. The first-order valence-corrected chi connectivity index (χ1v) is 10.1. The summed E-state index contributed by atoms with van der Waals surface area (Å²) >= 11 is 1.52. The molecule has 0 spiro atoms. The second-order valence-corrected chi connectivity index (χ2v) is 7.82. The minimum absolute atomic E-state index is 0.0415. The Bertz CT molecular complexity index is 790. The van der Waals surface area contributed by atoms with Crippen molar-refractivity contribution in [1.82, 2.24) is 10.6 Å². The van der Waals surface area contributed by atoms with Crippen molar-refractivity contribution < 1.29 is 19.1 Å². The highest BCUT2D eigenvalue weighted by molar-refractivity contribution is 7.10. The van der Waals surface area contributed by atoms with E-state index in [0.717, 1.165) is 10.4 Å². The van der Waals surface area contributed by atoms with Gasteiger partial charge in [-0.3, -0.25) is 9.59 Å². The van der Waals surface area contributed by atoms with Crippen LogP contribution in [-0.2, 0) is 9.59 Å². The van der Waals surface area contributed by atoms with Crippen LogP contribution in [0.3, 0.4) is 0 Å². The minimum atomic E-state index is -0.332. The summed E-state index contributed by atoms with van der Waals surface area (Å²) < 4.78 is 11.1. The number of carbonyl (C=O) groups excluding carboxylic acids is 2. The molecule has 1 aromatic heterocycles. The number of hydrogen-bond donors (Lipinski definition) is 2. The number of rotatable bonds is 9. The van der Waals surface area contributed by atoms with Crippen molar-refractivity contribution >= 4 is 23.2 Å². The fraction of sp³-hybridized carbons (Fsp3) is 0.429. The number of nitrogens with one attached hydrogen (secondary N) is 2. The molecule has 152 valence electrons. The maximum absolute atomic E-state index is 12.6. The zero-order valence-corrected chi connectivity index (χ0v) is 17.8. The van der Waals surface area contributed by atoms with Gasteiger partial charge in [0.05, 0.1) is 31.7 Å². The van der Waals surface area contributed by atoms with E-state index in [1.165, 1.54) is 18.3 Å². The maximum Gasteiger partial charge on any atom is 0.222 e. The van der Waals surface area contributed by atoms with Gasteiger partial charge in [-0.25, -0.2) is 0 Å². The largest absolute Gasteiger partial charge is 0.493 e. The highest BCUT2D eigenvalue weighted by Crippen LogP contribution is 2.31. The molecule has 2 N–H and O–H groups in total. The van der Waals surface area contributed by atoms with Gasteiger partial charge in [0.25, 0.3) is 0 Å². The summed E-state index contributed by atoms with van der Waals surface area (Å²) in [6.45, 7) is 7.27. The Hall–Kier alpha value is -2.54. The number of amides is 2. The van der Waals surface area contributed by atoms with Crippen molar-refractivity contribution in [2.24, 2.45) is 0 Å². The third-order valence-electron chi connectivity index (χ3n) is 4.08. The van der Waals surface area contributed by atoms with Gasteiger partial charge in [-0.05, 0) is 49.9 Å². The van der Waals surface area contributed by atoms with Gasteiger partial charge in [0.2, 0.25) is 11.8 Å². The summed E-state index contributed by atoms with van der Waals surface area (Å²) in [5, 5.41) is 7.76. The van der Waals surface area contributed by atoms with Crippen molar-refractivity contribution in [3.8, 4) is 11.5 Å². The smallest absolute Gasteiger partial charge is 0.222 e. The molecule has 0 aliphatic rings. The molecule has 2 unspecified atom stereocenters. The van der Waals surface area contributed by atoms with Crippen molar-refractivity contribution in [2.75, 3.05) is 7.11 Å². The molecule has 7 heteroatoms. The van der Waals surface area contributed by atoms with Crippen molar-refractivity contribution in [3.05, 3.63) is 46.2 Å². The lowest BCUT2D eigenvalue weighted by atomic mass is 10.1. The lowest BCUT2D eigenvalue weighted by Crippen LogP contribution is -2.33. The molecule has 2 rings (SSSR count). The topological polar surface area (TPSA) is 76.7 Å². The molecule has 2 aromatic rings. The lowest BCUT2D eigenvalue weighted by molar-refractivity contribution is -0.123. The second-order valence-electron chi connectivity index (χ2n) is 6.84. The molecule has 28 heavy (non-hydrogen) atoms. The summed E-state index contributed by atoms with van der Waals surface area (Å²) in [7, 11) is 1.59. The standard InChI is InChI=1S/C21H28N2O4S/c1-13(2)27-18-9-8-16(11-19(18)26-5)14(3)22-21(25)12-17(23-15(4)24)20-7-6-10-28-20/h6-11,13-14,17H,12H2,1-5H3,(H,22,25)(H,23,24). The van der Waals surface area contributed by atoms with Gasteiger partial charge >= 0.3 is 0 Å². The number of benzene rings is 1. The van der Waals surface area contributed by atoms with Crippen LogP contribution in [0.15, 0.2) is 35.7 Å². The van der Waals surface area contributed by atoms with Gasteiger partial charge in [0.15, 0.2) is 11.5 Å². The first-order chi connectivity index (χ1) is 13.3. The van der Waals surface area contributed by atoms with E-state index in [9.17, 15) is 9.59 Å². The van der Waals surface area contributed by atoms with E-state index < -0.39 is 0 Å². The molecule has 0 aliphatic carbocycles. The number of hydrogen-bond acceptors (Lipinski definition) is 5. The lowest BCUT2D eigenvalue weighted by Gasteiger charge is -2.20. The van der Waals surface area contributed by atoms with Crippen molar-refractivity contribution in [1.29, 1.82) is 0 Å². The second kappa shape index (κ2) is 10.1. The zero-order valence-electron chi connectivity index (χ0n) is 16.9. The molecular formula is C21H28N2O4S. The van der Waals surface area contributed by atoms with E-state index in [4.69, 9.17) is 9.47 Å². The van der Waals surface area contributed by atoms with Crippen LogP contribution in [0.2, 0.25) is 0 Å². The molecule has 0 saturated carbocycles. The molecule has 0 radical (unpaired) electrons. The molecule has 1 aromatic carbocycles. The molecule has 0 fully saturated rings. The van der Waals surface area contributed by atoms with E-state index in [0.29, 0.717) is 11.5 Å². The van der Waals surface area contributed by atoms with Gasteiger partial charge in [-0.2, -0.15) is 0 Å². The summed E-state index contributed by atoms with van der Waals surface area (Å²) in [4.78, 5) is 25.0. The normalized spacial score (nSPS) is 12.9. The quantitative estimate of drug-likeness (QED) is 0.663. The van der Waals surface area contributed by atoms with Gasteiger partial charge < -0.3 is 20.1 Å². The number of carbonyl (C=O) groups is 2. The van der Waals surface area contributed by atoms with Crippen LogP contribution < -0.4 is 20.1 Å². The maximum atomic E-state index is 12.6. The summed E-state index contributed by atoms with van der Waals surface area (Å²) in [6, 6.07) is 8.91. The van der Waals surface area contributed by atoms with Crippen LogP contribution in [0.1, 0.15) is 56.6 Å². The van der Waals surface area contributed by atoms with Gasteiger partial charge in [-0.1, -0.05) is 12.1 Å². The van der Waals surface area contributed by atoms with E-state index in [-0.39, 0.29) is 36.4 Å². The van der Waals surface area contributed by atoms with Crippen molar-refractivity contribution in [2.45, 2.75) is 52.3 Å². The Morgan fingerprint density at radius 3 is 2.43 bits per heavy atom. The Kier molecular flexibility index (Phi) is 7.87. The molecule has 0 aliphatic heterocycles. The molecule has 0 bridgehead atoms. The Balaban J connectivity index is 2.05. The predicted molar refractivity (Wildman–Crippen MR) is 111 cm³/mol. The van der Waals surface area contributed by atoms with E-state index in [1.54, 1.807) is 7.11 Å². The molecule has 6 nitrogen and oxygen atoms in total. The fourth-order valence-corrected chi connectivity index (χ4v) is 3.61. The third-order valence-corrected chi connectivity index (χ3v) is 5.07. The first kappa shape index (κ1) is 21.8. The highest BCUT2D eigenvalue weighted by Gasteiger charge is 2.20. The summed E-state index contributed by atoms with van der Waals surface area (Å²) in [6.07, 6.45) is 0.218. The van der Waals surface area contributed by atoms with Crippen LogP contribution >= 0.6 is 11.3 Å².